The second-order valence-corrected chi connectivity index (χ2v) is 11.7. The van der Waals surface area contributed by atoms with Crippen LogP contribution in [-0.2, 0) is 16.1 Å². The van der Waals surface area contributed by atoms with Gasteiger partial charge < -0.3 is 23.8 Å². The Morgan fingerprint density at radius 3 is 2.38 bits per heavy atom. The van der Waals surface area contributed by atoms with Crippen molar-refractivity contribution < 1.29 is 32.9 Å². The second kappa shape index (κ2) is 12.5. The molecule has 3 aromatic carbocycles. The number of carbonyl (C=O) groups is 2. The van der Waals surface area contributed by atoms with Crippen LogP contribution >= 0.6 is 11.6 Å². The highest BCUT2D eigenvalue weighted by molar-refractivity contribution is 6.32. The van der Waals surface area contributed by atoms with E-state index in [4.69, 9.17) is 30.5 Å². The van der Waals surface area contributed by atoms with E-state index in [1.807, 2.05) is 30.3 Å². The van der Waals surface area contributed by atoms with Crippen molar-refractivity contribution in [3.05, 3.63) is 83.1 Å². The van der Waals surface area contributed by atoms with Gasteiger partial charge in [0.2, 0.25) is 0 Å². The number of amides is 2. The number of hydrogen-bond donors (Lipinski definition) is 0. The van der Waals surface area contributed by atoms with Gasteiger partial charge in [-0.15, -0.1) is 0 Å². The molecule has 1 unspecified atom stereocenters. The number of carbonyl (C=O) groups excluding carboxylic acids is 2. The average Bonchev–Trinajstić information content (AvgIpc) is 2.96. The van der Waals surface area contributed by atoms with Crippen molar-refractivity contribution in [2.45, 2.75) is 58.0 Å². The summed E-state index contributed by atoms with van der Waals surface area (Å²) < 4.78 is 37.0. The lowest BCUT2D eigenvalue weighted by Crippen LogP contribution is -2.54. The van der Waals surface area contributed by atoms with Crippen LogP contribution in [0.25, 0.3) is 0 Å². The molecular weight excluding hydrogens is 563 g/mol. The molecule has 0 aromatic heterocycles. The van der Waals surface area contributed by atoms with Gasteiger partial charge in [-0.3, -0.25) is 9.69 Å². The smallest absolute Gasteiger partial charge is 0.415 e. The van der Waals surface area contributed by atoms with Crippen LogP contribution < -0.4 is 19.1 Å². The topological polar surface area (TPSA) is 77.5 Å². The Hall–Kier alpha value is -3.98. The molecule has 8 nitrogen and oxygen atoms in total. The minimum Gasteiger partial charge on any atom is -0.490 e. The highest BCUT2D eigenvalue weighted by Crippen LogP contribution is 2.42. The summed E-state index contributed by atoms with van der Waals surface area (Å²) in [4.78, 5) is 30.0. The van der Waals surface area contributed by atoms with Crippen molar-refractivity contribution in [3.63, 3.8) is 0 Å². The number of rotatable bonds is 6. The van der Waals surface area contributed by atoms with Crippen LogP contribution in [0.5, 0.6) is 17.2 Å². The second-order valence-electron chi connectivity index (χ2n) is 11.3. The number of likely N-dealkylation sites (tertiary alicyclic amines) is 1. The predicted molar refractivity (Wildman–Crippen MR) is 157 cm³/mol. The van der Waals surface area contributed by atoms with Crippen molar-refractivity contribution in [3.8, 4) is 17.2 Å². The quantitative estimate of drug-likeness (QED) is 0.318. The lowest BCUT2D eigenvalue weighted by molar-refractivity contribution is -0.140. The van der Waals surface area contributed by atoms with E-state index in [9.17, 15) is 14.0 Å². The molecule has 1 fully saturated rings. The highest BCUT2D eigenvalue weighted by atomic mass is 35.5. The maximum atomic E-state index is 13.7. The van der Waals surface area contributed by atoms with Gasteiger partial charge in [-0.25, -0.2) is 9.18 Å². The first-order valence-electron chi connectivity index (χ1n) is 13.9. The highest BCUT2D eigenvalue weighted by Gasteiger charge is 2.39. The molecule has 10 heteroatoms. The van der Waals surface area contributed by atoms with Crippen molar-refractivity contribution in [1.29, 1.82) is 0 Å². The van der Waals surface area contributed by atoms with Gasteiger partial charge in [-0.1, -0.05) is 41.9 Å². The van der Waals surface area contributed by atoms with Gasteiger partial charge in [0.05, 0.1) is 17.3 Å². The summed E-state index contributed by atoms with van der Waals surface area (Å²) >= 11 is 6.57. The van der Waals surface area contributed by atoms with Gasteiger partial charge >= 0.3 is 6.09 Å². The van der Waals surface area contributed by atoms with Gasteiger partial charge in [0.1, 0.15) is 41.4 Å². The van der Waals surface area contributed by atoms with Crippen molar-refractivity contribution >= 4 is 29.3 Å². The van der Waals surface area contributed by atoms with E-state index in [2.05, 4.69) is 0 Å². The van der Waals surface area contributed by atoms with Gasteiger partial charge in [0.25, 0.3) is 5.91 Å². The molecule has 0 N–H and O–H groups in total. The summed E-state index contributed by atoms with van der Waals surface area (Å²) in [6.45, 7) is 6.49. The van der Waals surface area contributed by atoms with E-state index in [-0.39, 0.29) is 31.0 Å². The van der Waals surface area contributed by atoms with Gasteiger partial charge in [0.15, 0.2) is 6.10 Å². The Morgan fingerprint density at radius 2 is 1.71 bits per heavy atom. The molecule has 0 spiro atoms. The number of nitrogens with zero attached hydrogens (tertiary/aromatic N) is 2. The third kappa shape index (κ3) is 7.26. The molecule has 0 bridgehead atoms. The monoisotopic (exact) mass is 596 g/mol. The Bertz CT molecular complexity index is 1400. The van der Waals surface area contributed by atoms with E-state index >= 15 is 0 Å². The number of hydrogen-bond acceptors (Lipinski definition) is 6. The van der Waals surface area contributed by atoms with E-state index in [1.54, 1.807) is 49.9 Å². The standard InChI is InChI=1S/C32H34ClFN2O6/c1-32(2,3)42-31(38)36-19-29(30(37)35-15-13-24(14-16-35)40-23-11-9-22(34)10-12-23)41-28-18-27(25(33)17-26(28)36)39-20-21-7-5-4-6-8-21/h4-12,17-18,24,29H,13-16,19-20H2,1-3H3. The molecule has 2 amide bonds. The number of halogens is 2. The van der Waals surface area contributed by atoms with E-state index in [1.165, 1.54) is 17.0 Å². The fourth-order valence-corrected chi connectivity index (χ4v) is 5.06. The Labute approximate surface area is 249 Å². The van der Waals surface area contributed by atoms with Crippen LogP contribution in [0.3, 0.4) is 0 Å². The number of anilines is 1. The predicted octanol–water partition coefficient (Wildman–Crippen LogP) is 6.63. The molecule has 3 aromatic rings. The zero-order valence-electron chi connectivity index (χ0n) is 23.8. The zero-order chi connectivity index (χ0) is 29.9. The van der Waals surface area contributed by atoms with Crippen LogP contribution in [0.15, 0.2) is 66.7 Å². The Kier molecular flexibility index (Phi) is 8.77. The first kappa shape index (κ1) is 29.5. The SMILES string of the molecule is CC(C)(C)OC(=O)N1CC(C(=O)N2CCC(Oc3ccc(F)cc3)CC2)Oc2cc(OCc3ccccc3)c(Cl)cc21. The molecule has 2 aliphatic rings. The maximum Gasteiger partial charge on any atom is 0.415 e. The molecule has 0 radical (unpaired) electrons. The molecule has 1 atom stereocenters. The molecular formula is C32H34ClFN2O6. The molecule has 0 aliphatic carbocycles. The van der Waals surface area contributed by atoms with Crippen molar-refractivity contribution in [2.75, 3.05) is 24.5 Å². The third-order valence-corrected chi connectivity index (χ3v) is 7.21. The number of ether oxygens (including phenoxy) is 4. The van der Waals surface area contributed by atoms with Crippen LogP contribution in [0, 0.1) is 5.82 Å². The minimum absolute atomic E-state index is 0.0344. The molecule has 2 aliphatic heterocycles. The normalized spacial score (nSPS) is 17.2. The van der Waals surface area contributed by atoms with Crippen LogP contribution in [0.2, 0.25) is 5.02 Å². The summed E-state index contributed by atoms with van der Waals surface area (Å²) in [7, 11) is 0. The number of benzene rings is 3. The molecule has 42 heavy (non-hydrogen) atoms. The molecule has 2 heterocycles. The summed E-state index contributed by atoms with van der Waals surface area (Å²) in [6, 6.07) is 18.7. The summed E-state index contributed by atoms with van der Waals surface area (Å²) in [5.41, 5.74) is 0.614. The van der Waals surface area contributed by atoms with Gasteiger partial charge in [-0.2, -0.15) is 0 Å². The first-order chi connectivity index (χ1) is 20.1. The molecule has 0 saturated carbocycles. The largest absolute Gasteiger partial charge is 0.490 e. The van der Waals surface area contributed by atoms with Crippen LogP contribution in [-0.4, -0.2) is 54.3 Å². The molecule has 1 saturated heterocycles. The first-order valence-corrected chi connectivity index (χ1v) is 14.3. The summed E-state index contributed by atoms with van der Waals surface area (Å²) in [5.74, 6) is 0.693. The van der Waals surface area contributed by atoms with Crippen molar-refractivity contribution in [1.82, 2.24) is 4.90 Å². The van der Waals surface area contributed by atoms with Gasteiger partial charge in [-0.05, 0) is 56.7 Å². The molecule has 5 rings (SSSR count). The van der Waals surface area contributed by atoms with Gasteiger partial charge in [0, 0.05) is 32.0 Å². The Morgan fingerprint density at radius 1 is 1.02 bits per heavy atom. The fourth-order valence-electron chi connectivity index (χ4n) is 4.85. The van der Waals surface area contributed by atoms with E-state index in [0.29, 0.717) is 53.9 Å². The lowest BCUT2D eigenvalue weighted by Gasteiger charge is -2.39. The lowest BCUT2D eigenvalue weighted by atomic mass is 10.1. The van der Waals surface area contributed by atoms with Crippen LogP contribution in [0.4, 0.5) is 14.9 Å². The van der Waals surface area contributed by atoms with Crippen molar-refractivity contribution in [2.24, 2.45) is 0 Å². The number of fused-ring (bicyclic) bond motifs is 1. The summed E-state index contributed by atoms with van der Waals surface area (Å²) in [5, 5.41) is 0.301. The van der Waals surface area contributed by atoms with E-state index in [0.717, 1.165) is 5.56 Å². The Balaban J connectivity index is 1.31. The van der Waals surface area contributed by atoms with E-state index < -0.39 is 17.8 Å². The fraction of sp³-hybridized carbons (Fsp3) is 0.375. The maximum absolute atomic E-state index is 13.7. The summed E-state index contributed by atoms with van der Waals surface area (Å²) in [6.07, 6.45) is -0.449. The minimum atomic E-state index is -0.956. The number of piperidine rings is 1. The average molecular weight is 597 g/mol. The molecule has 222 valence electrons. The zero-order valence-corrected chi connectivity index (χ0v) is 24.6. The third-order valence-electron chi connectivity index (χ3n) is 6.92. The van der Waals surface area contributed by atoms with Crippen LogP contribution in [0.1, 0.15) is 39.2 Å².